The highest BCUT2D eigenvalue weighted by atomic mass is 19.4. The molecule has 0 unspecified atom stereocenters. The van der Waals surface area contributed by atoms with Gasteiger partial charge in [-0.1, -0.05) is 0 Å². The maximum atomic E-state index is 12.6. The molecule has 2 heterocycles. The second-order valence-electron chi connectivity index (χ2n) is 6.49. The maximum Gasteiger partial charge on any atom is 0.573 e. The maximum absolute atomic E-state index is 12.6. The molecule has 10 heteroatoms. The first-order chi connectivity index (χ1) is 13.2. The molecular formula is C18H18F3N3O4. The van der Waals surface area contributed by atoms with Gasteiger partial charge in [0, 0.05) is 18.7 Å². The normalized spacial score (nSPS) is 15.5. The molecule has 0 spiro atoms. The summed E-state index contributed by atoms with van der Waals surface area (Å²) in [5.41, 5.74) is 0.994. The van der Waals surface area contributed by atoms with Crippen LogP contribution < -0.4 is 4.74 Å². The number of alkyl halides is 3. The number of amides is 1. The van der Waals surface area contributed by atoms with Crippen LogP contribution in [0.3, 0.4) is 0 Å². The van der Waals surface area contributed by atoms with Gasteiger partial charge in [-0.25, -0.2) is 4.79 Å². The van der Waals surface area contributed by atoms with Crippen molar-refractivity contribution in [1.82, 2.24) is 14.7 Å². The molecule has 1 N–H and O–H groups in total. The number of carboxylic acid groups (broad SMARTS) is 1. The predicted molar refractivity (Wildman–Crippen MR) is 91.2 cm³/mol. The van der Waals surface area contributed by atoms with Crippen LogP contribution in [0.15, 0.2) is 30.5 Å². The van der Waals surface area contributed by atoms with E-state index in [-0.39, 0.29) is 28.8 Å². The summed E-state index contributed by atoms with van der Waals surface area (Å²) < 4.78 is 42.1. The van der Waals surface area contributed by atoms with E-state index in [1.807, 2.05) is 0 Å². The quantitative estimate of drug-likeness (QED) is 0.856. The number of ether oxygens (including phenoxy) is 1. The van der Waals surface area contributed by atoms with Gasteiger partial charge in [0.05, 0.1) is 17.9 Å². The molecule has 0 bridgehead atoms. The molecular weight excluding hydrogens is 379 g/mol. The van der Waals surface area contributed by atoms with Crippen molar-refractivity contribution in [3.63, 3.8) is 0 Å². The Morgan fingerprint density at radius 2 is 1.79 bits per heavy atom. The van der Waals surface area contributed by atoms with E-state index in [1.54, 1.807) is 16.5 Å². The highest BCUT2D eigenvalue weighted by Gasteiger charge is 2.31. The van der Waals surface area contributed by atoms with Gasteiger partial charge in [0.15, 0.2) is 0 Å². The van der Waals surface area contributed by atoms with Crippen LogP contribution in [0.1, 0.15) is 45.3 Å². The summed E-state index contributed by atoms with van der Waals surface area (Å²) in [4.78, 5) is 25.3. The van der Waals surface area contributed by atoms with Crippen LogP contribution in [0.2, 0.25) is 0 Å². The van der Waals surface area contributed by atoms with Crippen molar-refractivity contribution in [1.29, 1.82) is 0 Å². The summed E-state index contributed by atoms with van der Waals surface area (Å²) in [6, 6.07) is 4.79. The van der Waals surface area contributed by atoms with Gasteiger partial charge in [-0.3, -0.25) is 9.48 Å². The van der Waals surface area contributed by atoms with E-state index < -0.39 is 12.3 Å². The SMILES string of the molecule is Cc1c(C(=O)O)cnn1C1CCN(C(=O)c2ccc(OC(F)(F)F)cc2)CC1. The number of halogens is 3. The second kappa shape index (κ2) is 7.53. The number of likely N-dealkylation sites (tertiary alicyclic amines) is 1. The van der Waals surface area contributed by atoms with Gasteiger partial charge in [0.25, 0.3) is 5.91 Å². The molecule has 0 radical (unpaired) electrons. The van der Waals surface area contributed by atoms with Gasteiger partial charge in [0.1, 0.15) is 11.3 Å². The molecule has 1 aromatic heterocycles. The zero-order chi connectivity index (χ0) is 20.5. The summed E-state index contributed by atoms with van der Waals surface area (Å²) in [5.74, 6) is -1.69. The number of benzene rings is 1. The lowest BCUT2D eigenvalue weighted by molar-refractivity contribution is -0.274. The van der Waals surface area contributed by atoms with Crippen LogP contribution in [-0.4, -0.2) is 51.1 Å². The minimum Gasteiger partial charge on any atom is -0.478 e. The van der Waals surface area contributed by atoms with Crippen molar-refractivity contribution in [2.24, 2.45) is 0 Å². The third-order valence-corrected chi connectivity index (χ3v) is 4.71. The Hall–Kier alpha value is -3.04. The van der Waals surface area contributed by atoms with Crippen LogP contribution in [0.5, 0.6) is 5.75 Å². The number of carboxylic acids is 1. The van der Waals surface area contributed by atoms with E-state index in [0.29, 0.717) is 31.6 Å². The molecule has 28 heavy (non-hydrogen) atoms. The minimum absolute atomic E-state index is 0.0142. The van der Waals surface area contributed by atoms with E-state index in [1.165, 1.54) is 18.3 Å². The highest BCUT2D eigenvalue weighted by molar-refractivity contribution is 5.94. The highest BCUT2D eigenvalue weighted by Crippen LogP contribution is 2.27. The van der Waals surface area contributed by atoms with Gasteiger partial charge < -0.3 is 14.7 Å². The Labute approximate surface area is 158 Å². The first-order valence-corrected chi connectivity index (χ1v) is 8.58. The van der Waals surface area contributed by atoms with Crippen molar-refractivity contribution >= 4 is 11.9 Å². The fraction of sp³-hybridized carbons (Fsp3) is 0.389. The molecule has 150 valence electrons. The van der Waals surface area contributed by atoms with Crippen LogP contribution >= 0.6 is 0 Å². The fourth-order valence-electron chi connectivity index (χ4n) is 3.30. The van der Waals surface area contributed by atoms with Gasteiger partial charge in [-0.2, -0.15) is 5.10 Å². The number of nitrogens with zero attached hydrogens (tertiary/aromatic N) is 3. The molecule has 1 aliphatic rings. The summed E-state index contributed by atoms with van der Waals surface area (Å²) >= 11 is 0. The Balaban J connectivity index is 1.62. The van der Waals surface area contributed by atoms with E-state index in [0.717, 1.165) is 12.1 Å². The average Bonchev–Trinajstić information content (AvgIpc) is 3.02. The molecule has 1 aromatic carbocycles. The van der Waals surface area contributed by atoms with E-state index in [2.05, 4.69) is 9.84 Å². The van der Waals surface area contributed by atoms with Crippen LogP contribution in [-0.2, 0) is 0 Å². The molecule has 1 fully saturated rings. The predicted octanol–water partition coefficient (Wildman–Crippen LogP) is 3.27. The Morgan fingerprint density at radius 1 is 1.18 bits per heavy atom. The van der Waals surface area contributed by atoms with Gasteiger partial charge >= 0.3 is 12.3 Å². The second-order valence-corrected chi connectivity index (χ2v) is 6.49. The zero-order valence-corrected chi connectivity index (χ0v) is 14.9. The van der Waals surface area contributed by atoms with E-state index >= 15 is 0 Å². The topological polar surface area (TPSA) is 84.7 Å². The molecule has 2 aromatic rings. The lowest BCUT2D eigenvalue weighted by atomic mass is 10.0. The number of carbonyl (C=O) groups is 2. The third kappa shape index (κ3) is 4.26. The molecule has 1 saturated heterocycles. The largest absolute Gasteiger partial charge is 0.573 e. The first-order valence-electron chi connectivity index (χ1n) is 8.58. The molecule has 0 aliphatic carbocycles. The van der Waals surface area contributed by atoms with Crippen molar-refractivity contribution in [2.45, 2.75) is 32.2 Å². The summed E-state index contributed by atoms with van der Waals surface area (Å²) in [6.07, 6.45) is -2.26. The zero-order valence-electron chi connectivity index (χ0n) is 14.9. The summed E-state index contributed by atoms with van der Waals surface area (Å²) in [6.45, 7) is 2.57. The molecule has 0 saturated carbocycles. The van der Waals surface area contributed by atoms with E-state index in [9.17, 15) is 22.8 Å². The van der Waals surface area contributed by atoms with Crippen molar-refractivity contribution in [3.05, 3.63) is 47.3 Å². The van der Waals surface area contributed by atoms with E-state index in [4.69, 9.17) is 5.11 Å². The Kier molecular flexibility index (Phi) is 5.30. The minimum atomic E-state index is -4.78. The number of carbonyl (C=O) groups excluding carboxylic acids is 1. The van der Waals surface area contributed by atoms with Crippen LogP contribution in [0.4, 0.5) is 13.2 Å². The van der Waals surface area contributed by atoms with Gasteiger partial charge in [-0.15, -0.1) is 13.2 Å². The number of aromatic carboxylic acids is 1. The van der Waals surface area contributed by atoms with Crippen molar-refractivity contribution < 1.29 is 32.6 Å². The third-order valence-electron chi connectivity index (χ3n) is 4.71. The van der Waals surface area contributed by atoms with Gasteiger partial charge in [0.2, 0.25) is 0 Å². The number of hydrogen-bond donors (Lipinski definition) is 1. The van der Waals surface area contributed by atoms with Crippen molar-refractivity contribution in [3.8, 4) is 5.75 Å². The number of aromatic nitrogens is 2. The smallest absolute Gasteiger partial charge is 0.478 e. The summed E-state index contributed by atoms with van der Waals surface area (Å²) in [7, 11) is 0. The number of piperidine rings is 1. The Bertz CT molecular complexity index is 869. The lowest BCUT2D eigenvalue weighted by Gasteiger charge is -2.32. The molecule has 1 aliphatic heterocycles. The Morgan fingerprint density at radius 3 is 2.29 bits per heavy atom. The molecule has 3 rings (SSSR count). The summed E-state index contributed by atoms with van der Waals surface area (Å²) in [5, 5.41) is 13.3. The average molecular weight is 397 g/mol. The molecule has 7 nitrogen and oxygen atoms in total. The van der Waals surface area contributed by atoms with Crippen molar-refractivity contribution in [2.75, 3.05) is 13.1 Å². The lowest BCUT2D eigenvalue weighted by Crippen LogP contribution is -2.39. The monoisotopic (exact) mass is 397 g/mol. The molecule has 0 atom stereocenters. The first kappa shape index (κ1) is 19.7. The van der Waals surface area contributed by atoms with Crippen LogP contribution in [0.25, 0.3) is 0 Å². The number of rotatable bonds is 4. The number of hydrogen-bond acceptors (Lipinski definition) is 4. The van der Waals surface area contributed by atoms with Crippen LogP contribution in [0, 0.1) is 6.92 Å². The van der Waals surface area contributed by atoms with Gasteiger partial charge in [-0.05, 0) is 44.0 Å². The fourth-order valence-corrected chi connectivity index (χ4v) is 3.30. The standard InChI is InChI=1S/C18H18F3N3O4/c1-11-15(17(26)27)10-22-24(11)13-6-8-23(9-7-13)16(25)12-2-4-14(5-3-12)28-18(19,20)21/h2-5,10,13H,6-9H2,1H3,(H,26,27). The molecule has 1 amide bonds.